The van der Waals surface area contributed by atoms with Crippen molar-refractivity contribution in [1.82, 2.24) is 0 Å². The highest BCUT2D eigenvalue weighted by molar-refractivity contribution is 5.36. The molecular weight excluding hydrogens is 265 g/mol. The van der Waals surface area contributed by atoms with Crippen LogP contribution in [0, 0.1) is 17.1 Å². The van der Waals surface area contributed by atoms with Crippen molar-refractivity contribution in [1.29, 1.82) is 5.26 Å². The van der Waals surface area contributed by atoms with E-state index in [1.54, 1.807) is 12.1 Å². The number of benzene rings is 2. The summed E-state index contributed by atoms with van der Waals surface area (Å²) in [5.74, 6) is -0.135. The third kappa shape index (κ3) is 3.82. The van der Waals surface area contributed by atoms with Crippen molar-refractivity contribution in [2.24, 2.45) is 0 Å². The van der Waals surface area contributed by atoms with E-state index in [9.17, 15) is 4.39 Å². The average Bonchev–Trinajstić information content (AvgIpc) is 2.45. The minimum absolute atomic E-state index is 0.0249. The number of nitriles is 1. The van der Waals surface area contributed by atoms with E-state index in [0.717, 1.165) is 5.56 Å². The lowest BCUT2D eigenvalue weighted by Crippen LogP contribution is -2.10. The fraction of sp³-hybridized carbons (Fsp3) is 0.278. The van der Waals surface area contributed by atoms with Gasteiger partial charge < -0.3 is 4.74 Å². The molecule has 0 atom stereocenters. The number of rotatable bonds is 3. The van der Waals surface area contributed by atoms with Crippen molar-refractivity contribution in [3.63, 3.8) is 0 Å². The van der Waals surface area contributed by atoms with Gasteiger partial charge in [-0.1, -0.05) is 45.0 Å². The molecule has 0 aliphatic carbocycles. The predicted octanol–water partition coefficient (Wildman–Crippen LogP) is 4.57. The second kappa shape index (κ2) is 5.97. The van der Waals surface area contributed by atoms with Crippen LogP contribution < -0.4 is 4.74 Å². The summed E-state index contributed by atoms with van der Waals surface area (Å²) >= 11 is 0. The molecule has 0 aliphatic rings. The number of hydrogen-bond donors (Lipinski definition) is 0. The smallest absolute Gasteiger partial charge is 0.144 e. The normalized spacial score (nSPS) is 11.0. The molecule has 0 radical (unpaired) electrons. The van der Waals surface area contributed by atoms with E-state index in [1.165, 1.54) is 17.7 Å². The summed E-state index contributed by atoms with van der Waals surface area (Å²) in [7, 11) is 0. The van der Waals surface area contributed by atoms with Crippen LogP contribution in [0.25, 0.3) is 0 Å². The molecule has 0 aromatic heterocycles. The molecule has 0 bridgehead atoms. The van der Waals surface area contributed by atoms with Gasteiger partial charge in [-0.05, 0) is 28.7 Å². The Morgan fingerprint density at radius 1 is 1.10 bits per heavy atom. The molecule has 0 spiro atoms. The van der Waals surface area contributed by atoms with Crippen molar-refractivity contribution in [3.05, 3.63) is 65.0 Å². The van der Waals surface area contributed by atoms with E-state index in [1.807, 2.05) is 12.1 Å². The summed E-state index contributed by atoms with van der Waals surface area (Å²) < 4.78 is 19.0. The molecule has 108 valence electrons. The van der Waals surface area contributed by atoms with E-state index in [-0.39, 0.29) is 11.0 Å². The first-order valence-electron chi connectivity index (χ1n) is 6.82. The highest BCUT2D eigenvalue weighted by Crippen LogP contribution is 2.23. The monoisotopic (exact) mass is 283 g/mol. The Labute approximate surface area is 124 Å². The molecule has 0 heterocycles. The van der Waals surface area contributed by atoms with Gasteiger partial charge in [-0.25, -0.2) is 4.39 Å². The van der Waals surface area contributed by atoms with E-state index in [4.69, 9.17) is 10.00 Å². The van der Waals surface area contributed by atoms with Crippen molar-refractivity contribution < 1.29 is 9.13 Å². The third-order valence-corrected chi connectivity index (χ3v) is 3.29. The van der Waals surface area contributed by atoms with Gasteiger partial charge in [-0.3, -0.25) is 0 Å². The molecule has 2 aromatic carbocycles. The van der Waals surface area contributed by atoms with Gasteiger partial charge in [0.05, 0.1) is 5.56 Å². The van der Waals surface area contributed by atoms with Crippen LogP contribution in [0.5, 0.6) is 5.75 Å². The Morgan fingerprint density at radius 3 is 2.29 bits per heavy atom. The lowest BCUT2D eigenvalue weighted by molar-refractivity contribution is 0.304. The Hall–Kier alpha value is -2.34. The molecule has 2 aromatic rings. The molecule has 0 amide bonds. The first-order chi connectivity index (χ1) is 9.90. The van der Waals surface area contributed by atoms with Crippen molar-refractivity contribution in [2.75, 3.05) is 0 Å². The van der Waals surface area contributed by atoms with E-state index in [2.05, 4.69) is 32.9 Å². The minimum atomic E-state index is -0.557. The Morgan fingerprint density at radius 2 is 1.76 bits per heavy atom. The van der Waals surface area contributed by atoms with Gasteiger partial charge in [0.25, 0.3) is 0 Å². The maximum absolute atomic E-state index is 13.5. The van der Waals surface area contributed by atoms with Crippen LogP contribution in [0.4, 0.5) is 4.39 Å². The van der Waals surface area contributed by atoms with Gasteiger partial charge in [0.15, 0.2) is 0 Å². The van der Waals surface area contributed by atoms with Gasteiger partial charge in [0, 0.05) is 6.07 Å². The maximum Gasteiger partial charge on any atom is 0.144 e. The number of hydrogen-bond acceptors (Lipinski definition) is 2. The standard InChI is InChI=1S/C18H18FNO/c1-18(2,3)15-7-4-13(5-8-15)12-21-16-9-6-14(11-20)17(19)10-16/h4-10H,12H2,1-3H3. The molecule has 0 saturated carbocycles. The van der Waals surface area contributed by atoms with Gasteiger partial charge in [0.1, 0.15) is 24.2 Å². The topological polar surface area (TPSA) is 33.0 Å². The van der Waals surface area contributed by atoms with Crippen LogP contribution in [0.1, 0.15) is 37.5 Å². The third-order valence-electron chi connectivity index (χ3n) is 3.29. The van der Waals surface area contributed by atoms with Crippen LogP contribution in [-0.4, -0.2) is 0 Å². The molecule has 2 rings (SSSR count). The Kier molecular flexibility index (Phi) is 4.28. The van der Waals surface area contributed by atoms with Gasteiger partial charge in [0.2, 0.25) is 0 Å². The first-order valence-corrected chi connectivity index (χ1v) is 6.82. The highest BCUT2D eigenvalue weighted by atomic mass is 19.1. The molecule has 2 nitrogen and oxygen atoms in total. The SMILES string of the molecule is CC(C)(C)c1ccc(COc2ccc(C#N)c(F)c2)cc1. The molecule has 0 saturated heterocycles. The van der Waals surface area contributed by atoms with Gasteiger partial charge in [-0.2, -0.15) is 5.26 Å². The fourth-order valence-corrected chi connectivity index (χ4v) is 1.94. The number of nitrogens with zero attached hydrogens (tertiary/aromatic N) is 1. The molecule has 0 N–H and O–H groups in total. The van der Waals surface area contributed by atoms with Gasteiger partial charge in [-0.15, -0.1) is 0 Å². The van der Waals surface area contributed by atoms with E-state index >= 15 is 0 Å². The van der Waals surface area contributed by atoms with Crippen LogP contribution in [0.2, 0.25) is 0 Å². The molecule has 0 aliphatic heterocycles. The molecule has 0 fully saturated rings. The second-order valence-electron chi connectivity index (χ2n) is 5.99. The summed E-state index contributed by atoms with van der Waals surface area (Å²) in [4.78, 5) is 0. The van der Waals surface area contributed by atoms with Crippen molar-refractivity contribution in [3.8, 4) is 11.8 Å². The minimum Gasteiger partial charge on any atom is -0.489 e. The molecule has 21 heavy (non-hydrogen) atoms. The largest absolute Gasteiger partial charge is 0.489 e. The second-order valence-corrected chi connectivity index (χ2v) is 5.99. The summed E-state index contributed by atoms with van der Waals surface area (Å²) in [6.07, 6.45) is 0. The summed E-state index contributed by atoms with van der Waals surface area (Å²) in [5, 5.41) is 8.68. The lowest BCUT2D eigenvalue weighted by atomic mass is 9.87. The first kappa shape index (κ1) is 15.1. The van der Waals surface area contributed by atoms with Crippen LogP contribution in [0.3, 0.4) is 0 Å². The molecule has 0 unspecified atom stereocenters. The van der Waals surface area contributed by atoms with Crippen molar-refractivity contribution >= 4 is 0 Å². The van der Waals surface area contributed by atoms with Crippen LogP contribution >= 0.6 is 0 Å². The number of halogens is 1. The average molecular weight is 283 g/mol. The Bertz CT molecular complexity index is 663. The fourth-order valence-electron chi connectivity index (χ4n) is 1.94. The summed E-state index contributed by atoms with van der Waals surface area (Å²) in [5.41, 5.74) is 2.43. The van der Waals surface area contributed by atoms with E-state index < -0.39 is 5.82 Å². The maximum atomic E-state index is 13.5. The Balaban J connectivity index is 2.03. The quantitative estimate of drug-likeness (QED) is 0.826. The zero-order valence-electron chi connectivity index (χ0n) is 12.5. The number of ether oxygens (including phenoxy) is 1. The van der Waals surface area contributed by atoms with Crippen LogP contribution in [-0.2, 0) is 12.0 Å². The molecule has 3 heteroatoms. The van der Waals surface area contributed by atoms with Crippen molar-refractivity contribution in [2.45, 2.75) is 32.8 Å². The molecular formula is C18H18FNO. The predicted molar refractivity (Wildman–Crippen MR) is 80.6 cm³/mol. The zero-order chi connectivity index (χ0) is 15.5. The van der Waals surface area contributed by atoms with Crippen LogP contribution in [0.15, 0.2) is 42.5 Å². The summed E-state index contributed by atoms with van der Waals surface area (Å²) in [6.45, 7) is 6.86. The van der Waals surface area contributed by atoms with Gasteiger partial charge >= 0.3 is 0 Å². The van der Waals surface area contributed by atoms with E-state index in [0.29, 0.717) is 12.4 Å². The lowest BCUT2D eigenvalue weighted by Gasteiger charge is -2.19. The summed E-state index contributed by atoms with van der Waals surface area (Å²) in [6, 6.07) is 14.2. The zero-order valence-corrected chi connectivity index (χ0v) is 12.5. The highest BCUT2D eigenvalue weighted by Gasteiger charge is 2.12.